The van der Waals surface area contributed by atoms with Gasteiger partial charge in [-0.05, 0) is 85.6 Å². The van der Waals surface area contributed by atoms with Crippen LogP contribution in [0.2, 0.25) is 0 Å². The standard InChI is InChI=1S/C26H28FN3O/c27-21-5-7-23-24(16-29-25(23)15-21)18-9-12-30(13-10-18)11-8-17-2-1-3-19-14-20(26(28)31)4-6-22(17)19/h4-7,9,14,16-17H,1-3,8,10-13,15H2,(H2,28,31). The lowest BCUT2D eigenvalue weighted by Gasteiger charge is -2.31. The van der Waals surface area contributed by atoms with Gasteiger partial charge in [0.25, 0.3) is 0 Å². The van der Waals surface area contributed by atoms with Crippen molar-refractivity contribution in [3.05, 3.63) is 81.9 Å². The number of aliphatic imine (C=N–C) groups is 1. The van der Waals surface area contributed by atoms with Crippen molar-refractivity contribution >= 4 is 11.6 Å². The SMILES string of the molecule is NC(=O)c1ccc2c(c1)CCCC2CCN1CC=C(C2=CN=C3CC(F)=CC=C23)CC1. The molecule has 1 aromatic carbocycles. The summed E-state index contributed by atoms with van der Waals surface area (Å²) in [6.07, 6.45) is 13.5. The maximum atomic E-state index is 13.5. The number of fused-ring (bicyclic) bond motifs is 2. The highest BCUT2D eigenvalue weighted by atomic mass is 19.1. The molecule has 5 rings (SSSR count). The van der Waals surface area contributed by atoms with E-state index in [0.29, 0.717) is 17.9 Å². The molecule has 5 heteroatoms. The van der Waals surface area contributed by atoms with Crippen LogP contribution >= 0.6 is 0 Å². The van der Waals surface area contributed by atoms with E-state index in [4.69, 9.17) is 5.73 Å². The summed E-state index contributed by atoms with van der Waals surface area (Å²) in [5, 5.41) is 0. The summed E-state index contributed by atoms with van der Waals surface area (Å²) in [4.78, 5) is 18.4. The second kappa shape index (κ2) is 8.39. The number of aryl methyl sites for hydroxylation is 1. The van der Waals surface area contributed by atoms with Crippen LogP contribution in [0, 0.1) is 0 Å². The molecule has 2 heterocycles. The highest BCUT2D eigenvalue weighted by Crippen LogP contribution is 2.36. The first kappa shape index (κ1) is 20.1. The lowest BCUT2D eigenvalue weighted by Crippen LogP contribution is -2.31. The molecule has 0 saturated carbocycles. The van der Waals surface area contributed by atoms with Crippen molar-refractivity contribution in [3.8, 4) is 0 Å². The molecule has 0 bridgehead atoms. The smallest absolute Gasteiger partial charge is 0.248 e. The van der Waals surface area contributed by atoms with Gasteiger partial charge in [-0.25, -0.2) is 4.39 Å². The average Bonchev–Trinajstić information content (AvgIpc) is 3.20. The topological polar surface area (TPSA) is 58.7 Å². The van der Waals surface area contributed by atoms with Crippen molar-refractivity contribution in [2.75, 3.05) is 19.6 Å². The fourth-order valence-corrected chi connectivity index (χ4v) is 5.28. The Morgan fingerprint density at radius 3 is 2.94 bits per heavy atom. The van der Waals surface area contributed by atoms with Gasteiger partial charge >= 0.3 is 0 Å². The number of carbonyl (C=O) groups is 1. The van der Waals surface area contributed by atoms with E-state index >= 15 is 0 Å². The third-order valence-corrected chi connectivity index (χ3v) is 7.02. The van der Waals surface area contributed by atoms with E-state index in [9.17, 15) is 9.18 Å². The number of carbonyl (C=O) groups excluding carboxylic acids is 1. The molecule has 1 aromatic rings. The van der Waals surface area contributed by atoms with Crippen molar-refractivity contribution < 1.29 is 9.18 Å². The summed E-state index contributed by atoms with van der Waals surface area (Å²) in [5.74, 6) is 0.0931. The van der Waals surface area contributed by atoms with Crippen LogP contribution in [0.25, 0.3) is 0 Å². The van der Waals surface area contributed by atoms with E-state index in [1.807, 2.05) is 24.4 Å². The first-order chi connectivity index (χ1) is 15.1. The molecule has 0 fully saturated rings. The zero-order valence-electron chi connectivity index (χ0n) is 17.7. The van der Waals surface area contributed by atoms with Gasteiger partial charge in [-0.15, -0.1) is 0 Å². The van der Waals surface area contributed by atoms with Gasteiger partial charge in [-0.2, -0.15) is 0 Å². The Morgan fingerprint density at radius 1 is 1.23 bits per heavy atom. The second-order valence-corrected chi connectivity index (χ2v) is 8.92. The first-order valence-electron chi connectivity index (χ1n) is 11.3. The average molecular weight is 418 g/mol. The van der Waals surface area contributed by atoms with Crippen LogP contribution in [-0.4, -0.2) is 36.2 Å². The summed E-state index contributed by atoms with van der Waals surface area (Å²) >= 11 is 0. The highest BCUT2D eigenvalue weighted by molar-refractivity contribution is 6.09. The van der Waals surface area contributed by atoms with Gasteiger partial charge in [0.2, 0.25) is 5.91 Å². The molecule has 2 aliphatic heterocycles. The predicted octanol–water partition coefficient (Wildman–Crippen LogP) is 4.75. The van der Waals surface area contributed by atoms with Crippen LogP contribution in [0.15, 0.2) is 70.2 Å². The summed E-state index contributed by atoms with van der Waals surface area (Å²) in [6, 6.07) is 5.99. The van der Waals surface area contributed by atoms with Gasteiger partial charge in [0.1, 0.15) is 5.83 Å². The van der Waals surface area contributed by atoms with Crippen LogP contribution in [0.5, 0.6) is 0 Å². The minimum Gasteiger partial charge on any atom is -0.366 e. The molecule has 1 amide bonds. The predicted molar refractivity (Wildman–Crippen MR) is 122 cm³/mol. The molecule has 0 radical (unpaired) electrons. The van der Waals surface area contributed by atoms with E-state index < -0.39 is 0 Å². The van der Waals surface area contributed by atoms with Crippen molar-refractivity contribution in [2.24, 2.45) is 10.7 Å². The summed E-state index contributed by atoms with van der Waals surface area (Å²) < 4.78 is 13.5. The third-order valence-electron chi connectivity index (χ3n) is 7.02. The number of nitrogens with zero attached hydrogens (tertiary/aromatic N) is 2. The van der Waals surface area contributed by atoms with Crippen molar-refractivity contribution in [1.82, 2.24) is 4.90 Å². The van der Waals surface area contributed by atoms with Crippen LogP contribution < -0.4 is 5.73 Å². The fourth-order valence-electron chi connectivity index (χ4n) is 5.28. The van der Waals surface area contributed by atoms with Crippen molar-refractivity contribution in [1.29, 1.82) is 0 Å². The Balaban J connectivity index is 1.20. The van der Waals surface area contributed by atoms with E-state index in [1.165, 1.54) is 35.1 Å². The first-order valence-corrected chi connectivity index (χ1v) is 11.3. The Kier molecular flexibility index (Phi) is 5.45. The highest BCUT2D eigenvalue weighted by Gasteiger charge is 2.26. The molecule has 0 aromatic heterocycles. The zero-order valence-corrected chi connectivity index (χ0v) is 17.7. The number of hydrogen-bond donors (Lipinski definition) is 1. The Morgan fingerprint density at radius 2 is 2.13 bits per heavy atom. The Hall–Kier alpha value is -2.79. The number of hydrogen-bond acceptors (Lipinski definition) is 3. The van der Waals surface area contributed by atoms with E-state index in [-0.39, 0.29) is 11.7 Å². The fraction of sp³-hybridized carbons (Fsp3) is 0.385. The number of allylic oxidation sites excluding steroid dienone is 5. The Bertz CT molecular complexity index is 1080. The second-order valence-electron chi connectivity index (χ2n) is 8.92. The molecule has 4 aliphatic rings. The number of benzene rings is 1. The molecule has 1 atom stereocenters. The normalized spacial score (nSPS) is 23.1. The van der Waals surface area contributed by atoms with E-state index in [2.05, 4.69) is 22.0 Å². The van der Waals surface area contributed by atoms with E-state index in [1.54, 1.807) is 6.08 Å². The lowest BCUT2D eigenvalue weighted by molar-refractivity contribution is 0.1000. The van der Waals surface area contributed by atoms with Crippen LogP contribution in [0.4, 0.5) is 4.39 Å². The number of primary amides is 1. The van der Waals surface area contributed by atoms with Gasteiger partial charge in [-0.3, -0.25) is 14.7 Å². The van der Waals surface area contributed by atoms with Crippen molar-refractivity contribution in [2.45, 2.75) is 44.4 Å². The number of nitrogens with two attached hydrogens (primary N) is 1. The minimum atomic E-state index is -0.346. The molecule has 2 N–H and O–H groups in total. The molecule has 0 spiro atoms. The van der Waals surface area contributed by atoms with Crippen LogP contribution in [-0.2, 0) is 6.42 Å². The van der Waals surface area contributed by atoms with Crippen LogP contribution in [0.1, 0.15) is 59.5 Å². The molecule has 0 saturated heterocycles. The van der Waals surface area contributed by atoms with E-state index in [0.717, 1.165) is 50.2 Å². The third kappa shape index (κ3) is 4.07. The summed E-state index contributed by atoms with van der Waals surface area (Å²) in [6.45, 7) is 3.05. The quantitative estimate of drug-likeness (QED) is 0.752. The van der Waals surface area contributed by atoms with Crippen molar-refractivity contribution in [3.63, 3.8) is 0 Å². The molecule has 160 valence electrons. The van der Waals surface area contributed by atoms with Gasteiger partial charge in [0.15, 0.2) is 0 Å². The number of rotatable bonds is 5. The maximum Gasteiger partial charge on any atom is 0.248 e. The summed E-state index contributed by atoms with van der Waals surface area (Å²) in [7, 11) is 0. The molecule has 4 nitrogen and oxygen atoms in total. The molecular weight excluding hydrogens is 389 g/mol. The molecule has 1 unspecified atom stereocenters. The largest absolute Gasteiger partial charge is 0.366 e. The van der Waals surface area contributed by atoms with Gasteiger partial charge < -0.3 is 5.73 Å². The maximum absolute atomic E-state index is 13.5. The number of amides is 1. The lowest BCUT2D eigenvalue weighted by atomic mass is 9.80. The Labute approximate surface area is 182 Å². The summed E-state index contributed by atoms with van der Waals surface area (Å²) in [5.41, 5.74) is 13.2. The van der Waals surface area contributed by atoms with Gasteiger partial charge in [-0.1, -0.05) is 12.1 Å². The van der Waals surface area contributed by atoms with Gasteiger partial charge in [0.05, 0.1) is 5.71 Å². The van der Waals surface area contributed by atoms with Gasteiger partial charge in [0, 0.05) is 42.4 Å². The molecular formula is C26H28FN3O. The minimum absolute atomic E-state index is 0.115. The molecule has 2 aliphatic carbocycles. The molecule has 31 heavy (non-hydrogen) atoms. The van der Waals surface area contributed by atoms with Crippen LogP contribution in [0.3, 0.4) is 0 Å². The zero-order chi connectivity index (χ0) is 21.4. The monoisotopic (exact) mass is 417 g/mol. The number of halogens is 1.